The van der Waals surface area contributed by atoms with Crippen molar-refractivity contribution in [1.29, 1.82) is 0 Å². The number of para-hydroxylation sites is 1. The van der Waals surface area contributed by atoms with E-state index >= 15 is 0 Å². The zero-order valence-electron chi connectivity index (χ0n) is 10.3. The Balaban J connectivity index is 1.97. The van der Waals surface area contributed by atoms with Crippen LogP contribution in [0.2, 0.25) is 0 Å². The van der Waals surface area contributed by atoms with Gasteiger partial charge in [0.25, 0.3) is 0 Å². The minimum Gasteiger partial charge on any atom is -0.421 e. The zero-order valence-corrected chi connectivity index (χ0v) is 10.3. The monoisotopic (exact) mass is 271 g/mol. The summed E-state index contributed by atoms with van der Waals surface area (Å²) in [5.74, 6) is -0.287. The molecule has 0 amide bonds. The van der Waals surface area contributed by atoms with Gasteiger partial charge >= 0.3 is 6.01 Å². The number of anilines is 1. The largest absolute Gasteiger partial charge is 0.421 e. The molecule has 0 saturated heterocycles. The SMILES string of the molecule is Nc1ccc(F)cc1Oc1nnnn1-c1ccccc1. The van der Waals surface area contributed by atoms with Crippen molar-refractivity contribution < 1.29 is 9.13 Å². The van der Waals surface area contributed by atoms with Crippen LogP contribution in [0.15, 0.2) is 48.5 Å². The van der Waals surface area contributed by atoms with Crippen molar-refractivity contribution >= 4 is 5.69 Å². The Morgan fingerprint density at radius 2 is 1.90 bits per heavy atom. The van der Waals surface area contributed by atoms with Gasteiger partial charge in [-0.1, -0.05) is 23.3 Å². The number of nitrogens with zero attached hydrogens (tertiary/aromatic N) is 4. The molecule has 3 aromatic rings. The maximum Gasteiger partial charge on any atom is 0.345 e. The molecule has 0 unspecified atom stereocenters. The lowest BCUT2D eigenvalue weighted by Crippen LogP contribution is -2.01. The van der Waals surface area contributed by atoms with Gasteiger partial charge < -0.3 is 10.5 Å². The third-order valence-electron chi connectivity index (χ3n) is 2.62. The lowest BCUT2D eigenvalue weighted by atomic mass is 10.3. The molecule has 0 aliphatic rings. The second-order valence-electron chi connectivity index (χ2n) is 3.99. The van der Waals surface area contributed by atoms with Crippen molar-refractivity contribution in [3.8, 4) is 17.4 Å². The molecule has 2 N–H and O–H groups in total. The van der Waals surface area contributed by atoms with Gasteiger partial charge in [-0.05, 0) is 34.7 Å². The quantitative estimate of drug-likeness (QED) is 0.738. The maximum absolute atomic E-state index is 13.2. The van der Waals surface area contributed by atoms with Crippen molar-refractivity contribution in [2.45, 2.75) is 0 Å². The van der Waals surface area contributed by atoms with Crippen LogP contribution in [-0.2, 0) is 0 Å². The van der Waals surface area contributed by atoms with Gasteiger partial charge in [0.15, 0.2) is 5.75 Å². The summed E-state index contributed by atoms with van der Waals surface area (Å²) in [5.41, 5.74) is 6.75. The van der Waals surface area contributed by atoms with Crippen LogP contribution in [-0.4, -0.2) is 20.2 Å². The molecular weight excluding hydrogens is 261 g/mol. The normalized spacial score (nSPS) is 10.4. The number of nitrogens with two attached hydrogens (primary N) is 1. The van der Waals surface area contributed by atoms with Crippen molar-refractivity contribution in [3.63, 3.8) is 0 Å². The summed E-state index contributed by atoms with van der Waals surface area (Å²) >= 11 is 0. The van der Waals surface area contributed by atoms with E-state index in [1.54, 1.807) is 0 Å². The number of hydrogen-bond acceptors (Lipinski definition) is 5. The molecule has 0 atom stereocenters. The summed E-state index contributed by atoms with van der Waals surface area (Å²) in [4.78, 5) is 0. The molecule has 1 aromatic heterocycles. The molecule has 0 radical (unpaired) electrons. The Morgan fingerprint density at radius 1 is 1.10 bits per heavy atom. The van der Waals surface area contributed by atoms with E-state index in [2.05, 4.69) is 15.5 Å². The second kappa shape index (κ2) is 4.96. The molecule has 7 heteroatoms. The maximum atomic E-state index is 13.2. The molecule has 1 heterocycles. The van der Waals surface area contributed by atoms with E-state index in [4.69, 9.17) is 10.5 Å². The Kier molecular flexibility index (Phi) is 3.00. The zero-order chi connectivity index (χ0) is 13.9. The molecule has 0 spiro atoms. The van der Waals surface area contributed by atoms with E-state index in [1.165, 1.54) is 22.9 Å². The number of hydrogen-bond donors (Lipinski definition) is 1. The highest BCUT2D eigenvalue weighted by molar-refractivity contribution is 5.53. The fourth-order valence-electron chi connectivity index (χ4n) is 1.67. The average molecular weight is 271 g/mol. The molecule has 3 rings (SSSR count). The summed E-state index contributed by atoms with van der Waals surface area (Å²) in [6.07, 6.45) is 0. The summed E-state index contributed by atoms with van der Waals surface area (Å²) in [6.45, 7) is 0. The molecule has 0 fully saturated rings. The highest BCUT2D eigenvalue weighted by Gasteiger charge is 2.12. The lowest BCUT2D eigenvalue weighted by molar-refractivity contribution is 0.426. The van der Waals surface area contributed by atoms with Gasteiger partial charge in [0.05, 0.1) is 11.4 Å². The fourth-order valence-corrected chi connectivity index (χ4v) is 1.67. The predicted octanol–water partition coefficient (Wildman–Crippen LogP) is 2.18. The highest BCUT2D eigenvalue weighted by Crippen LogP contribution is 2.27. The molecule has 0 bridgehead atoms. The van der Waals surface area contributed by atoms with Gasteiger partial charge in [-0.2, -0.15) is 4.68 Å². The first-order chi connectivity index (χ1) is 9.74. The smallest absolute Gasteiger partial charge is 0.345 e. The number of nitrogen functional groups attached to an aromatic ring is 1. The number of tetrazole rings is 1. The van der Waals surface area contributed by atoms with Crippen molar-refractivity contribution in [3.05, 3.63) is 54.3 Å². The number of ether oxygens (including phenoxy) is 1. The molecule has 20 heavy (non-hydrogen) atoms. The Labute approximate surface area is 113 Å². The van der Waals surface area contributed by atoms with Crippen LogP contribution in [0.4, 0.5) is 10.1 Å². The van der Waals surface area contributed by atoms with E-state index in [0.29, 0.717) is 5.69 Å². The van der Waals surface area contributed by atoms with Gasteiger partial charge in [-0.25, -0.2) is 4.39 Å². The van der Waals surface area contributed by atoms with E-state index in [9.17, 15) is 4.39 Å². The summed E-state index contributed by atoms with van der Waals surface area (Å²) in [7, 11) is 0. The summed E-state index contributed by atoms with van der Waals surface area (Å²) in [5, 5.41) is 11.1. The molecule has 2 aromatic carbocycles. The Morgan fingerprint density at radius 3 is 2.70 bits per heavy atom. The van der Waals surface area contributed by atoms with Crippen LogP contribution >= 0.6 is 0 Å². The van der Waals surface area contributed by atoms with Gasteiger partial charge in [-0.3, -0.25) is 0 Å². The lowest BCUT2D eigenvalue weighted by Gasteiger charge is -2.08. The molecule has 0 aliphatic heterocycles. The minimum absolute atomic E-state index is 0.105. The third-order valence-corrected chi connectivity index (χ3v) is 2.62. The summed E-state index contributed by atoms with van der Waals surface area (Å²) < 4.78 is 20.1. The first kappa shape index (κ1) is 12.1. The molecule has 100 valence electrons. The van der Waals surface area contributed by atoms with E-state index in [0.717, 1.165) is 5.69 Å². The van der Waals surface area contributed by atoms with E-state index in [-0.39, 0.29) is 11.8 Å². The highest BCUT2D eigenvalue weighted by atomic mass is 19.1. The van der Waals surface area contributed by atoms with Crippen LogP contribution < -0.4 is 10.5 Å². The molecule has 6 nitrogen and oxygen atoms in total. The predicted molar refractivity (Wildman–Crippen MR) is 70.0 cm³/mol. The van der Waals surface area contributed by atoms with Crippen LogP contribution in [0.25, 0.3) is 5.69 Å². The number of benzene rings is 2. The van der Waals surface area contributed by atoms with Crippen molar-refractivity contribution in [1.82, 2.24) is 20.2 Å². The summed E-state index contributed by atoms with van der Waals surface area (Å²) in [6, 6.07) is 13.2. The number of halogens is 1. The first-order valence-corrected chi connectivity index (χ1v) is 5.81. The van der Waals surface area contributed by atoms with Crippen LogP contribution in [0, 0.1) is 5.82 Å². The van der Waals surface area contributed by atoms with Gasteiger partial charge in [0.1, 0.15) is 5.82 Å². The number of rotatable bonds is 3. The first-order valence-electron chi connectivity index (χ1n) is 5.81. The standard InChI is InChI=1S/C13H10FN5O/c14-9-6-7-11(15)12(8-9)20-13-16-17-18-19(13)10-4-2-1-3-5-10/h1-8H,15H2. The number of aromatic nitrogens is 4. The van der Waals surface area contributed by atoms with E-state index < -0.39 is 5.82 Å². The van der Waals surface area contributed by atoms with Gasteiger partial charge in [-0.15, -0.1) is 0 Å². The Bertz CT molecular complexity index is 729. The topological polar surface area (TPSA) is 78.8 Å². The van der Waals surface area contributed by atoms with Crippen molar-refractivity contribution in [2.24, 2.45) is 0 Å². The minimum atomic E-state index is -0.451. The van der Waals surface area contributed by atoms with Crippen LogP contribution in [0.3, 0.4) is 0 Å². The average Bonchev–Trinajstić information content (AvgIpc) is 2.92. The molecular formula is C13H10FN5O. The molecule has 0 aliphatic carbocycles. The Hall–Kier alpha value is -2.96. The van der Waals surface area contributed by atoms with Gasteiger partial charge in [0.2, 0.25) is 0 Å². The van der Waals surface area contributed by atoms with E-state index in [1.807, 2.05) is 30.3 Å². The van der Waals surface area contributed by atoms with Crippen LogP contribution in [0.1, 0.15) is 0 Å². The van der Waals surface area contributed by atoms with Crippen molar-refractivity contribution in [2.75, 3.05) is 5.73 Å². The fraction of sp³-hybridized carbons (Fsp3) is 0. The van der Waals surface area contributed by atoms with Crippen LogP contribution in [0.5, 0.6) is 11.8 Å². The second-order valence-corrected chi connectivity index (χ2v) is 3.99. The van der Waals surface area contributed by atoms with Gasteiger partial charge in [0, 0.05) is 6.07 Å². The molecule has 0 saturated carbocycles. The third kappa shape index (κ3) is 2.28.